The predicted octanol–water partition coefficient (Wildman–Crippen LogP) is 1.62. The number of benzene rings is 1. The molecule has 3 aromatic rings. The van der Waals surface area contributed by atoms with Crippen molar-refractivity contribution in [2.24, 2.45) is 11.1 Å². The van der Waals surface area contributed by atoms with Crippen LogP contribution in [0.15, 0.2) is 29.1 Å². The molecule has 26 heavy (non-hydrogen) atoms. The molecule has 7 nitrogen and oxygen atoms in total. The fourth-order valence-corrected chi connectivity index (χ4v) is 4.02. The van der Waals surface area contributed by atoms with Crippen LogP contribution in [0.25, 0.3) is 16.7 Å². The van der Waals surface area contributed by atoms with E-state index in [0.717, 1.165) is 30.9 Å². The summed E-state index contributed by atoms with van der Waals surface area (Å²) in [5.41, 5.74) is 7.20. The molecule has 0 bridgehead atoms. The van der Waals surface area contributed by atoms with E-state index in [1.165, 1.54) is 0 Å². The van der Waals surface area contributed by atoms with Crippen molar-refractivity contribution in [2.45, 2.75) is 46.3 Å². The number of hydrogen-bond acceptors (Lipinski definition) is 5. The Bertz CT molecular complexity index is 1020. The van der Waals surface area contributed by atoms with Crippen LogP contribution < -0.4 is 11.3 Å². The van der Waals surface area contributed by atoms with Crippen molar-refractivity contribution in [2.75, 3.05) is 13.1 Å². The Morgan fingerprint density at radius 2 is 2.04 bits per heavy atom. The van der Waals surface area contributed by atoms with Crippen LogP contribution >= 0.6 is 0 Å². The molecule has 1 unspecified atom stereocenters. The highest BCUT2D eigenvalue weighted by molar-refractivity contribution is 5.80. The Morgan fingerprint density at radius 1 is 1.27 bits per heavy atom. The van der Waals surface area contributed by atoms with Crippen molar-refractivity contribution in [3.63, 3.8) is 0 Å². The third kappa shape index (κ3) is 2.62. The number of likely N-dealkylation sites (tertiary alicyclic amines) is 1. The Hall–Kier alpha value is -2.25. The SMILES string of the molecule is CCn1c(=O)c2ccccc2n2c(CN3CCC(N)C(C)(C)C3)nnc12. The summed E-state index contributed by atoms with van der Waals surface area (Å²) in [4.78, 5) is 15.1. The van der Waals surface area contributed by atoms with Gasteiger partial charge in [-0.3, -0.25) is 18.7 Å². The lowest BCUT2D eigenvalue weighted by atomic mass is 9.80. The number of rotatable bonds is 3. The van der Waals surface area contributed by atoms with E-state index >= 15 is 0 Å². The molecule has 1 aliphatic rings. The van der Waals surface area contributed by atoms with Gasteiger partial charge in [-0.25, -0.2) is 0 Å². The molecule has 7 heteroatoms. The number of hydrogen-bond donors (Lipinski definition) is 1. The van der Waals surface area contributed by atoms with E-state index in [2.05, 4.69) is 28.9 Å². The highest BCUT2D eigenvalue weighted by Crippen LogP contribution is 2.28. The first-order valence-corrected chi connectivity index (χ1v) is 9.26. The molecule has 138 valence electrons. The quantitative estimate of drug-likeness (QED) is 0.773. The average molecular weight is 354 g/mol. The molecule has 0 aliphatic carbocycles. The molecular weight excluding hydrogens is 328 g/mol. The van der Waals surface area contributed by atoms with Gasteiger partial charge in [0.1, 0.15) is 0 Å². The molecule has 0 radical (unpaired) electrons. The fourth-order valence-electron chi connectivity index (χ4n) is 4.02. The number of piperidine rings is 1. The summed E-state index contributed by atoms with van der Waals surface area (Å²) in [7, 11) is 0. The van der Waals surface area contributed by atoms with Crippen LogP contribution in [0.5, 0.6) is 0 Å². The second kappa shape index (κ2) is 6.17. The maximum Gasteiger partial charge on any atom is 0.262 e. The monoisotopic (exact) mass is 354 g/mol. The van der Waals surface area contributed by atoms with Crippen molar-refractivity contribution < 1.29 is 0 Å². The molecule has 0 saturated carbocycles. The Balaban J connectivity index is 1.82. The lowest BCUT2D eigenvalue weighted by Gasteiger charge is -2.42. The van der Waals surface area contributed by atoms with Crippen molar-refractivity contribution in [3.8, 4) is 0 Å². The van der Waals surface area contributed by atoms with Gasteiger partial charge >= 0.3 is 0 Å². The minimum atomic E-state index is -0.0142. The molecule has 1 aliphatic heterocycles. The lowest BCUT2D eigenvalue weighted by molar-refractivity contribution is 0.0877. The van der Waals surface area contributed by atoms with E-state index in [1.807, 2.05) is 35.6 Å². The molecule has 0 amide bonds. The van der Waals surface area contributed by atoms with E-state index in [-0.39, 0.29) is 17.0 Å². The smallest absolute Gasteiger partial charge is 0.262 e. The van der Waals surface area contributed by atoms with Gasteiger partial charge < -0.3 is 5.73 Å². The number of aryl methyl sites for hydroxylation is 1. The minimum absolute atomic E-state index is 0.0142. The second-order valence-corrected chi connectivity index (χ2v) is 7.91. The highest BCUT2D eigenvalue weighted by atomic mass is 16.1. The van der Waals surface area contributed by atoms with E-state index in [4.69, 9.17) is 5.73 Å². The van der Waals surface area contributed by atoms with Crippen molar-refractivity contribution in [1.29, 1.82) is 0 Å². The van der Waals surface area contributed by atoms with E-state index < -0.39 is 0 Å². The third-order valence-corrected chi connectivity index (χ3v) is 5.65. The van der Waals surface area contributed by atoms with E-state index in [0.29, 0.717) is 24.3 Å². The largest absolute Gasteiger partial charge is 0.327 e. The van der Waals surface area contributed by atoms with Gasteiger partial charge in [0.05, 0.1) is 17.4 Å². The van der Waals surface area contributed by atoms with Gasteiger partial charge in [-0.15, -0.1) is 10.2 Å². The van der Waals surface area contributed by atoms with Crippen LogP contribution in [0, 0.1) is 5.41 Å². The minimum Gasteiger partial charge on any atom is -0.327 e. The molecular formula is C19H26N6O. The summed E-state index contributed by atoms with van der Waals surface area (Å²) < 4.78 is 3.72. The first-order chi connectivity index (χ1) is 12.4. The van der Waals surface area contributed by atoms with E-state index in [1.54, 1.807) is 4.57 Å². The summed E-state index contributed by atoms with van der Waals surface area (Å²) in [6.07, 6.45) is 0.976. The normalized spacial score (nSPS) is 20.8. The van der Waals surface area contributed by atoms with Gasteiger partial charge in [0.2, 0.25) is 5.78 Å². The highest BCUT2D eigenvalue weighted by Gasteiger charge is 2.34. The number of fused-ring (bicyclic) bond motifs is 3. The zero-order chi connectivity index (χ0) is 18.5. The Labute approximate surface area is 152 Å². The summed E-state index contributed by atoms with van der Waals surface area (Å²) >= 11 is 0. The number of nitrogens with zero attached hydrogens (tertiary/aromatic N) is 5. The van der Waals surface area contributed by atoms with Crippen LogP contribution in [0.1, 0.15) is 33.0 Å². The number of aromatic nitrogens is 4. The summed E-state index contributed by atoms with van der Waals surface area (Å²) in [5, 5.41) is 9.48. The van der Waals surface area contributed by atoms with Gasteiger partial charge in [0, 0.05) is 25.7 Å². The molecule has 3 heterocycles. The van der Waals surface area contributed by atoms with Crippen molar-refractivity contribution in [3.05, 3.63) is 40.4 Å². The summed E-state index contributed by atoms with van der Waals surface area (Å²) in [6.45, 7) is 9.53. The van der Waals surface area contributed by atoms with Gasteiger partial charge in [0.15, 0.2) is 5.82 Å². The van der Waals surface area contributed by atoms with Crippen LogP contribution in [-0.4, -0.2) is 43.2 Å². The first kappa shape index (κ1) is 17.2. The Morgan fingerprint density at radius 3 is 2.77 bits per heavy atom. The molecule has 1 aromatic carbocycles. The molecule has 1 fully saturated rings. The van der Waals surface area contributed by atoms with Crippen LogP contribution in [0.3, 0.4) is 0 Å². The zero-order valence-corrected chi connectivity index (χ0v) is 15.6. The van der Waals surface area contributed by atoms with E-state index in [9.17, 15) is 4.79 Å². The standard InChI is InChI=1S/C19H26N6O/c1-4-24-17(26)13-7-5-6-8-14(13)25-16(21-22-18(24)25)11-23-10-9-15(20)19(2,3)12-23/h5-8,15H,4,9-12,20H2,1-3H3. The second-order valence-electron chi connectivity index (χ2n) is 7.91. The van der Waals surface area contributed by atoms with Crippen LogP contribution in [-0.2, 0) is 13.1 Å². The predicted molar refractivity (Wildman–Crippen MR) is 102 cm³/mol. The molecule has 0 spiro atoms. The topological polar surface area (TPSA) is 81.5 Å². The van der Waals surface area contributed by atoms with Crippen molar-refractivity contribution >= 4 is 16.7 Å². The molecule has 1 atom stereocenters. The molecule has 4 rings (SSSR count). The maximum atomic E-state index is 12.8. The summed E-state index contributed by atoms with van der Waals surface area (Å²) in [6, 6.07) is 7.90. The number of nitrogens with two attached hydrogens (primary N) is 1. The zero-order valence-electron chi connectivity index (χ0n) is 15.6. The molecule has 2 aromatic heterocycles. The average Bonchev–Trinajstić information content (AvgIpc) is 3.02. The van der Waals surface area contributed by atoms with Gasteiger partial charge in [-0.05, 0) is 30.9 Å². The molecule has 1 saturated heterocycles. The lowest BCUT2D eigenvalue weighted by Crippen LogP contribution is -2.52. The van der Waals surface area contributed by atoms with Crippen LogP contribution in [0.2, 0.25) is 0 Å². The van der Waals surface area contributed by atoms with Gasteiger partial charge in [-0.2, -0.15) is 0 Å². The fraction of sp³-hybridized carbons (Fsp3) is 0.526. The summed E-state index contributed by atoms with van der Waals surface area (Å²) in [5.74, 6) is 1.48. The van der Waals surface area contributed by atoms with Gasteiger partial charge in [-0.1, -0.05) is 26.0 Å². The van der Waals surface area contributed by atoms with Gasteiger partial charge in [0.25, 0.3) is 5.56 Å². The Kier molecular flexibility index (Phi) is 4.08. The number of para-hydroxylation sites is 1. The first-order valence-electron chi connectivity index (χ1n) is 9.26. The maximum absolute atomic E-state index is 12.8. The third-order valence-electron chi connectivity index (χ3n) is 5.65. The van der Waals surface area contributed by atoms with Crippen molar-refractivity contribution in [1.82, 2.24) is 24.1 Å². The molecule has 2 N–H and O–H groups in total. The van der Waals surface area contributed by atoms with Crippen LogP contribution in [0.4, 0.5) is 0 Å².